The smallest absolute Gasteiger partial charge is 0.0925 e. The molecule has 0 atom stereocenters. The Morgan fingerprint density at radius 3 is 2.17 bits per heavy atom. The molecule has 0 amide bonds. The van der Waals surface area contributed by atoms with Crippen molar-refractivity contribution in [1.29, 1.82) is 5.41 Å². The van der Waals surface area contributed by atoms with E-state index in [0.29, 0.717) is 5.84 Å². The summed E-state index contributed by atoms with van der Waals surface area (Å²) in [4.78, 5) is 4.26. The summed E-state index contributed by atoms with van der Waals surface area (Å²) < 4.78 is 0. The minimum Gasteiger partial charge on any atom is -0.361 e. The van der Waals surface area contributed by atoms with Crippen molar-refractivity contribution >= 4 is 5.84 Å². The number of rotatable bonds is 5. The van der Waals surface area contributed by atoms with Crippen LogP contribution < -0.4 is 0 Å². The molecular weight excluding hydrogens is 150 g/mol. The van der Waals surface area contributed by atoms with Crippen molar-refractivity contribution in [3.8, 4) is 0 Å². The molecule has 0 aliphatic heterocycles. The molecule has 72 valence electrons. The second kappa shape index (κ2) is 6.00. The first-order valence-corrected chi connectivity index (χ1v) is 4.52. The average Bonchev–Trinajstić information content (AvgIpc) is 1.96. The molecule has 0 unspecified atom stereocenters. The lowest BCUT2D eigenvalue weighted by Gasteiger charge is -2.21. The van der Waals surface area contributed by atoms with E-state index in [0.717, 1.165) is 26.1 Å². The fraction of sp³-hybridized carbons (Fsp3) is 0.889. The van der Waals surface area contributed by atoms with Gasteiger partial charge < -0.3 is 9.80 Å². The van der Waals surface area contributed by atoms with Crippen molar-refractivity contribution in [2.75, 3.05) is 33.7 Å². The van der Waals surface area contributed by atoms with Crippen molar-refractivity contribution < 1.29 is 0 Å². The molecule has 3 nitrogen and oxygen atoms in total. The van der Waals surface area contributed by atoms with Crippen LogP contribution in [0.1, 0.15) is 20.3 Å². The van der Waals surface area contributed by atoms with Crippen LogP contribution in [0.2, 0.25) is 0 Å². The van der Waals surface area contributed by atoms with E-state index in [2.05, 4.69) is 30.8 Å². The first-order valence-electron chi connectivity index (χ1n) is 4.52. The number of nitrogens with zero attached hydrogens (tertiary/aromatic N) is 2. The van der Waals surface area contributed by atoms with Crippen molar-refractivity contribution in [2.45, 2.75) is 20.3 Å². The molecule has 0 aromatic heterocycles. The highest BCUT2D eigenvalue weighted by Crippen LogP contribution is 1.93. The van der Waals surface area contributed by atoms with Crippen LogP contribution in [-0.4, -0.2) is 49.4 Å². The summed E-state index contributed by atoms with van der Waals surface area (Å²) in [5, 5.41) is 7.45. The second-order valence-electron chi connectivity index (χ2n) is 3.32. The maximum absolute atomic E-state index is 7.45. The summed E-state index contributed by atoms with van der Waals surface area (Å²) in [6, 6.07) is 0. The maximum atomic E-state index is 7.45. The summed E-state index contributed by atoms with van der Waals surface area (Å²) in [5.74, 6) is 0.677. The zero-order valence-electron chi connectivity index (χ0n) is 8.72. The highest BCUT2D eigenvalue weighted by molar-refractivity contribution is 5.76. The topological polar surface area (TPSA) is 30.3 Å². The monoisotopic (exact) mass is 171 g/mol. The van der Waals surface area contributed by atoms with E-state index in [1.807, 2.05) is 6.92 Å². The molecule has 0 radical (unpaired) electrons. The average molecular weight is 171 g/mol. The zero-order chi connectivity index (χ0) is 9.56. The molecule has 12 heavy (non-hydrogen) atoms. The molecule has 0 fully saturated rings. The number of nitrogens with one attached hydrogen (secondary N) is 1. The van der Waals surface area contributed by atoms with Crippen molar-refractivity contribution in [3.05, 3.63) is 0 Å². The van der Waals surface area contributed by atoms with Crippen LogP contribution in [0.5, 0.6) is 0 Å². The lowest BCUT2D eigenvalue weighted by atomic mass is 10.3. The summed E-state index contributed by atoms with van der Waals surface area (Å²) in [7, 11) is 4.15. The summed E-state index contributed by atoms with van der Waals surface area (Å²) in [6.07, 6.45) is 1.14. The first-order chi connectivity index (χ1) is 5.57. The first kappa shape index (κ1) is 11.4. The molecule has 0 saturated heterocycles. The van der Waals surface area contributed by atoms with E-state index in [4.69, 9.17) is 5.41 Å². The van der Waals surface area contributed by atoms with E-state index in [1.54, 1.807) is 0 Å². The standard InChI is InChI=1S/C9H21N3/c1-5-12(9(2)10)8-6-7-11(3)4/h10H,5-8H2,1-4H3. The van der Waals surface area contributed by atoms with Crippen LogP contribution in [-0.2, 0) is 0 Å². The van der Waals surface area contributed by atoms with E-state index in [-0.39, 0.29) is 0 Å². The zero-order valence-corrected chi connectivity index (χ0v) is 8.72. The van der Waals surface area contributed by atoms with Gasteiger partial charge in [0.15, 0.2) is 0 Å². The van der Waals surface area contributed by atoms with Gasteiger partial charge in [0.2, 0.25) is 0 Å². The molecule has 0 aliphatic rings. The Morgan fingerprint density at radius 1 is 1.25 bits per heavy atom. The van der Waals surface area contributed by atoms with Crippen molar-refractivity contribution in [2.24, 2.45) is 0 Å². The second-order valence-corrected chi connectivity index (χ2v) is 3.32. The van der Waals surface area contributed by atoms with Gasteiger partial charge in [-0.25, -0.2) is 0 Å². The van der Waals surface area contributed by atoms with Crippen LogP contribution >= 0.6 is 0 Å². The molecule has 0 aromatic carbocycles. The Balaban J connectivity index is 3.52. The summed E-state index contributed by atoms with van der Waals surface area (Å²) in [5.41, 5.74) is 0. The fourth-order valence-corrected chi connectivity index (χ4v) is 1.14. The highest BCUT2D eigenvalue weighted by Gasteiger charge is 2.01. The Labute approximate surface area is 75.9 Å². The number of amidine groups is 1. The third kappa shape index (κ3) is 5.13. The van der Waals surface area contributed by atoms with Gasteiger partial charge >= 0.3 is 0 Å². The van der Waals surface area contributed by atoms with Gasteiger partial charge in [0.1, 0.15) is 0 Å². The van der Waals surface area contributed by atoms with Gasteiger partial charge in [0.05, 0.1) is 5.84 Å². The Bertz CT molecular complexity index is 132. The van der Waals surface area contributed by atoms with Crippen molar-refractivity contribution in [3.63, 3.8) is 0 Å². The minimum atomic E-state index is 0.677. The predicted octanol–water partition coefficient (Wildman–Crippen LogP) is 1.26. The highest BCUT2D eigenvalue weighted by atomic mass is 15.2. The Hall–Kier alpha value is -0.570. The summed E-state index contributed by atoms with van der Waals surface area (Å²) in [6.45, 7) is 6.99. The number of hydrogen-bond donors (Lipinski definition) is 1. The van der Waals surface area contributed by atoms with Crippen LogP contribution in [0, 0.1) is 5.41 Å². The van der Waals surface area contributed by atoms with E-state index < -0.39 is 0 Å². The fourth-order valence-electron chi connectivity index (χ4n) is 1.14. The quantitative estimate of drug-likeness (QED) is 0.498. The van der Waals surface area contributed by atoms with Crippen LogP contribution in [0.25, 0.3) is 0 Å². The molecule has 0 bridgehead atoms. The molecule has 0 rings (SSSR count). The molecular formula is C9H21N3. The molecule has 0 spiro atoms. The van der Waals surface area contributed by atoms with Gasteiger partial charge in [-0.15, -0.1) is 0 Å². The maximum Gasteiger partial charge on any atom is 0.0925 e. The molecule has 1 N–H and O–H groups in total. The van der Waals surface area contributed by atoms with E-state index >= 15 is 0 Å². The predicted molar refractivity (Wildman–Crippen MR) is 53.8 cm³/mol. The van der Waals surface area contributed by atoms with Gasteiger partial charge in [-0.05, 0) is 40.9 Å². The molecule has 0 aliphatic carbocycles. The third-order valence-corrected chi connectivity index (χ3v) is 1.89. The Kier molecular flexibility index (Phi) is 5.72. The van der Waals surface area contributed by atoms with Gasteiger partial charge in [0, 0.05) is 13.1 Å². The van der Waals surface area contributed by atoms with Gasteiger partial charge in [-0.2, -0.15) is 0 Å². The molecule has 0 saturated carbocycles. The molecule has 0 aromatic rings. The lowest BCUT2D eigenvalue weighted by molar-refractivity contribution is 0.353. The minimum absolute atomic E-state index is 0.677. The molecule has 3 heteroatoms. The van der Waals surface area contributed by atoms with Gasteiger partial charge in [-0.3, -0.25) is 5.41 Å². The molecule has 0 heterocycles. The third-order valence-electron chi connectivity index (χ3n) is 1.89. The van der Waals surface area contributed by atoms with Crippen LogP contribution in [0.3, 0.4) is 0 Å². The Morgan fingerprint density at radius 2 is 1.83 bits per heavy atom. The SMILES string of the molecule is CCN(CCCN(C)C)C(C)=N. The van der Waals surface area contributed by atoms with Gasteiger partial charge in [0.25, 0.3) is 0 Å². The summed E-state index contributed by atoms with van der Waals surface area (Å²) >= 11 is 0. The normalized spacial score (nSPS) is 10.4. The number of hydrogen-bond acceptors (Lipinski definition) is 2. The van der Waals surface area contributed by atoms with E-state index in [9.17, 15) is 0 Å². The van der Waals surface area contributed by atoms with Crippen molar-refractivity contribution in [1.82, 2.24) is 9.80 Å². The van der Waals surface area contributed by atoms with E-state index in [1.165, 1.54) is 0 Å². The van der Waals surface area contributed by atoms with Crippen LogP contribution in [0.15, 0.2) is 0 Å². The van der Waals surface area contributed by atoms with Gasteiger partial charge in [-0.1, -0.05) is 0 Å². The largest absolute Gasteiger partial charge is 0.361 e. The van der Waals surface area contributed by atoms with Crippen LogP contribution in [0.4, 0.5) is 0 Å². The lowest BCUT2D eigenvalue weighted by Crippen LogP contribution is -2.30.